The largest absolute Gasteiger partial charge is 0.321 e. The van der Waals surface area contributed by atoms with Crippen molar-refractivity contribution in [3.05, 3.63) is 44.6 Å². The maximum atomic E-state index is 12.0. The molecule has 2 heterocycles. The average Bonchev–Trinajstić information content (AvgIpc) is 2.94. The number of aromatic nitrogens is 3. The van der Waals surface area contributed by atoms with E-state index in [1.54, 1.807) is 25.3 Å². The molecule has 0 saturated heterocycles. The lowest BCUT2D eigenvalue weighted by molar-refractivity contribution is 0.103. The van der Waals surface area contributed by atoms with Crippen LogP contribution >= 0.6 is 11.3 Å². The fourth-order valence-corrected chi connectivity index (χ4v) is 2.56. The molecule has 19 heavy (non-hydrogen) atoms. The molecule has 7 heteroatoms. The molecule has 1 amide bonds. The van der Waals surface area contributed by atoms with Gasteiger partial charge in [0.2, 0.25) is 0 Å². The Kier molecular flexibility index (Phi) is 2.68. The molecule has 0 aliphatic heterocycles. The SMILES string of the molecule is Cc1[nH]c(=O)sc1C(=O)Nc1ccc2cn[nH]c2c1. The van der Waals surface area contributed by atoms with Crippen molar-refractivity contribution in [2.24, 2.45) is 0 Å². The lowest BCUT2D eigenvalue weighted by Crippen LogP contribution is -2.11. The van der Waals surface area contributed by atoms with Crippen molar-refractivity contribution in [3.8, 4) is 0 Å². The number of aryl methyl sites for hydroxylation is 1. The van der Waals surface area contributed by atoms with Crippen LogP contribution in [0.5, 0.6) is 0 Å². The Morgan fingerprint density at radius 1 is 1.42 bits per heavy atom. The predicted molar refractivity (Wildman–Crippen MR) is 73.7 cm³/mol. The molecule has 3 aromatic rings. The first-order valence-corrected chi connectivity index (χ1v) is 6.39. The van der Waals surface area contributed by atoms with Crippen molar-refractivity contribution in [1.82, 2.24) is 15.2 Å². The van der Waals surface area contributed by atoms with Gasteiger partial charge in [-0.2, -0.15) is 5.10 Å². The Bertz CT molecular complexity index is 814. The summed E-state index contributed by atoms with van der Waals surface area (Å²) in [4.78, 5) is 26.0. The van der Waals surface area contributed by atoms with Gasteiger partial charge in [-0.3, -0.25) is 14.7 Å². The van der Waals surface area contributed by atoms with Gasteiger partial charge in [-0.25, -0.2) is 0 Å². The van der Waals surface area contributed by atoms with E-state index >= 15 is 0 Å². The highest BCUT2D eigenvalue weighted by atomic mass is 32.1. The van der Waals surface area contributed by atoms with Gasteiger partial charge < -0.3 is 10.3 Å². The van der Waals surface area contributed by atoms with Crippen LogP contribution in [0.25, 0.3) is 10.9 Å². The van der Waals surface area contributed by atoms with E-state index in [2.05, 4.69) is 20.5 Å². The number of H-pyrrole nitrogens is 2. The highest BCUT2D eigenvalue weighted by Gasteiger charge is 2.13. The van der Waals surface area contributed by atoms with E-state index in [1.807, 2.05) is 6.07 Å². The summed E-state index contributed by atoms with van der Waals surface area (Å²) < 4.78 is 0. The van der Waals surface area contributed by atoms with Crippen LogP contribution in [0.15, 0.2) is 29.2 Å². The summed E-state index contributed by atoms with van der Waals surface area (Å²) >= 11 is 0.904. The van der Waals surface area contributed by atoms with Crippen LogP contribution in [0.1, 0.15) is 15.4 Å². The van der Waals surface area contributed by atoms with Crippen molar-refractivity contribution in [2.75, 3.05) is 5.32 Å². The van der Waals surface area contributed by atoms with E-state index in [1.165, 1.54) is 0 Å². The number of rotatable bonds is 2. The highest BCUT2D eigenvalue weighted by Crippen LogP contribution is 2.18. The molecule has 0 spiro atoms. The number of aromatic amines is 2. The van der Waals surface area contributed by atoms with Gasteiger partial charge in [0, 0.05) is 16.8 Å². The fourth-order valence-electron chi connectivity index (χ4n) is 1.82. The van der Waals surface area contributed by atoms with Crippen LogP contribution in [-0.4, -0.2) is 21.1 Å². The summed E-state index contributed by atoms with van der Waals surface area (Å²) in [5, 5.41) is 10.5. The van der Waals surface area contributed by atoms with Crippen LogP contribution in [0.3, 0.4) is 0 Å². The minimum Gasteiger partial charge on any atom is -0.321 e. The molecular formula is C12H10N4O2S. The smallest absolute Gasteiger partial charge is 0.305 e. The number of carbonyl (C=O) groups is 1. The molecule has 0 fully saturated rings. The number of hydrogen-bond acceptors (Lipinski definition) is 4. The van der Waals surface area contributed by atoms with Gasteiger partial charge in [-0.1, -0.05) is 11.3 Å². The number of anilines is 1. The van der Waals surface area contributed by atoms with E-state index in [0.29, 0.717) is 16.3 Å². The molecule has 0 unspecified atom stereocenters. The van der Waals surface area contributed by atoms with Gasteiger partial charge in [0.1, 0.15) is 4.88 Å². The molecule has 3 rings (SSSR count). The van der Waals surface area contributed by atoms with Gasteiger partial charge in [0.15, 0.2) is 0 Å². The zero-order valence-electron chi connectivity index (χ0n) is 9.98. The van der Waals surface area contributed by atoms with Gasteiger partial charge >= 0.3 is 4.87 Å². The number of benzene rings is 1. The zero-order valence-corrected chi connectivity index (χ0v) is 10.8. The monoisotopic (exact) mass is 274 g/mol. The van der Waals surface area contributed by atoms with Crippen molar-refractivity contribution in [1.29, 1.82) is 0 Å². The maximum absolute atomic E-state index is 12.0. The molecule has 0 radical (unpaired) electrons. The predicted octanol–water partition coefficient (Wildman–Crippen LogP) is 1.87. The minimum absolute atomic E-state index is 0.230. The van der Waals surface area contributed by atoms with Gasteiger partial charge in [0.05, 0.1) is 11.7 Å². The Morgan fingerprint density at radius 2 is 2.26 bits per heavy atom. The number of hydrogen-bond donors (Lipinski definition) is 3. The number of amides is 1. The third-order valence-electron chi connectivity index (χ3n) is 2.73. The van der Waals surface area contributed by atoms with Crippen LogP contribution in [0.2, 0.25) is 0 Å². The van der Waals surface area contributed by atoms with Crippen molar-refractivity contribution in [3.63, 3.8) is 0 Å². The summed E-state index contributed by atoms with van der Waals surface area (Å²) in [5.74, 6) is -0.292. The van der Waals surface area contributed by atoms with E-state index in [-0.39, 0.29) is 10.8 Å². The third kappa shape index (κ3) is 2.15. The molecular weight excluding hydrogens is 264 g/mol. The van der Waals surface area contributed by atoms with E-state index in [9.17, 15) is 9.59 Å². The van der Waals surface area contributed by atoms with Crippen LogP contribution in [0.4, 0.5) is 5.69 Å². The molecule has 6 nitrogen and oxygen atoms in total. The van der Waals surface area contributed by atoms with Crippen LogP contribution in [0, 0.1) is 6.92 Å². The first-order chi connectivity index (χ1) is 9.13. The molecule has 2 aromatic heterocycles. The van der Waals surface area contributed by atoms with E-state index in [0.717, 1.165) is 22.2 Å². The molecule has 1 aromatic carbocycles. The number of thiazole rings is 1. The zero-order chi connectivity index (χ0) is 13.4. The van der Waals surface area contributed by atoms with Gasteiger partial charge in [-0.05, 0) is 25.1 Å². The average molecular weight is 274 g/mol. The van der Waals surface area contributed by atoms with Crippen LogP contribution in [-0.2, 0) is 0 Å². The lowest BCUT2D eigenvalue weighted by Gasteiger charge is -2.03. The standard InChI is InChI=1S/C12H10N4O2S/c1-6-10(19-12(18)14-6)11(17)15-8-3-2-7-5-13-16-9(7)4-8/h2-5H,1H3,(H,13,16)(H,14,18)(H,15,17). The third-order valence-corrected chi connectivity index (χ3v) is 3.71. The summed E-state index contributed by atoms with van der Waals surface area (Å²) in [6.07, 6.45) is 1.71. The topological polar surface area (TPSA) is 90.6 Å². The molecule has 0 aliphatic carbocycles. The summed E-state index contributed by atoms with van der Waals surface area (Å²) in [7, 11) is 0. The quantitative estimate of drug-likeness (QED) is 0.666. The summed E-state index contributed by atoms with van der Waals surface area (Å²) in [6, 6.07) is 5.45. The van der Waals surface area contributed by atoms with Gasteiger partial charge in [-0.15, -0.1) is 0 Å². The second-order valence-electron chi connectivity index (χ2n) is 4.09. The normalized spacial score (nSPS) is 10.8. The van der Waals surface area contributed by atoms with E-state index in [4.69, 9.17) is 0 Å². The second-order valence-corrected chi connectivity index (χ2v) is 5.08. The molecule has 3 N–H and O–H groups in total. The van der Waals surface area contributed by atoms with Gasteiger partial charge in [0.25, 0.3) is 5.91 Å². The minimum atomic E-state index is -0.292. The second kappa shape index (κ2) is 4.36. The van der Waals surface area contributed by atoms with Crippen LogP contribution < -0.4 is 10.2 Å². The molecule has 0 atom stereocenters. The molecule has 0 aliphatic rings. The first kappa shape index (κ1) is 11.7. The highest BCUT2D eigenvalue weighted by molar-refractivity contribution is 7.11. The maximum Gasteiger partial charge on any atom is 0.305 e. The number of fused-ring (bicyclic) bond motifs is 1. The molecule has 96 valence electrons. The number of nitrogens with one attached hydrogen (secondary N) is 3. The fraction of sp³-hybridized carbons (Fsp3) is 0.0833. The Labute approximate surface area is 111 Å². The van der Waals surface area contributed by atoms with E-state index < -0.39 is 0 Å². The lowest BCUT2D eigenvalue weighted by atomic mass is 10.2. The Hall–Kier alpha value is -2.41. The van der Waals surface area contributed by atoms with Crippen molar-refractivity contribution >= 4 is 33.8 Å². The number of carbonyl (C=O) groups excluding carboxylic acids is 1. The Balaban J connectivity index is 1.90. The number of nitrogens with zero attached hydrogens (tertiary/aromatic N) is 1. The summed E-state index contributed by atoms with van der Waals surface area (Å²) in [6.45, 7) is 1.70. The Morgan fingerprint density at radius 3 is 3.00 bits per heavy atom. The molecule has 0 bridgehead atoms. The van der Waals surface area contributed by atoms with Crippen molar-refractivity contribution in [2.45, 2.75) is 6.92 Å². The molecule has 0 saturated carbocycles. The van der Waals surface area contributed by atoms with Crippen molar-refractivity contribution < 1.29 is 4.79 Å². The summed E-state index contributed by atoms with van der Waals surface area (Å²) in [5.41, 5.74) is 2.08. The first-order valence-electron chi connectivity index (χ1n) is 5.58.